The van der Waals surface area contributed by atoms with Crippen LogP contribution in [0.25, 0.3) is 0 Å². The molecule has 4 heteroatoms. The zero-order chi connectivity index (χ0) is 9.14. The van der Waals surface area contributed by atoms with Crippen LogP contribution in [0.3, 0.4) is 0 Å². The summed E-state index contributed by atoms with van der Waals surface area (Å²) in [5.74, 6) is 0.484. The Morgan fingerprint density at radius 2 is 2.33 bits per heavy atom. The van der Waals surface area contributed by atoms with Gasteiger partial charge in [-0.25, -0.2) is 4.98 Å². The van der Waals surface area contributed by atoms with E-state index in [2.05, 4.69) is 20.9 Å². The van der Waals surface area contributed by atoms with Gasteiger partial charge in [0.25, 0.3) is 0 Å². The van der Waals surface area contributed by atoms with Crippen molar-refractivity contribution in [2.24, 2.45) is 0 Å². The summed E-state index contributed by atoms with van der Waals surface area (Å²) in [5.41, 5.74) is 1.69. The molecule has 1 aromatic heterocycles. The summed E-state index contributed by atoms with van der Waals surface area (Å²) in [7, 11) is 1.54. The number of halogens is 1. The second kappa shape index (κ2) is 3.87. The Kier molecular flexibility index (Phi) is 3.05. The predicted molar refractivity (Wildman–Crippen MR) is 49.1 cm³/mol. The second-order valence-electron chi connectivity index (χ2n) is 2.38. The summed E-state index contributed by atoms with van der Waals surface area (Å²) >= 11 is 3.32. The highest BCUT2D eigenvalue weighted by atomic mass is 79.9. The number of nitrogens with zero attached hydrogens (tertiary/aromatic N) is 1. The van der Waals surface area contributed by atoms with Gasteiger partial charge in [0.15, 0.2) is 0 Å². The van der Waals surface area contributed by atoms with E-state index in [-0.39, 0.29) is 6.61 Å². The summed E-state index contributed by atoms with van der Waals surface area (Å²) in [5, 5.41) is 9.01. The first-order valence-electron chi connectivity index (χ1n) is 3.49. The molecular formula is C8H10BrNO2. The van der Waals surface area contributed by atoms with Gasteiger partial charge in [-0.15, -0.1) is 0 Å². The average molecular weight is 232 g/mol. The molecule has 1 heterocycles. The van der Waals surface area contributed by atoms with Crippen LogP contribution in [0.2, 0.25) is 0 Å². The molecule has 0 unspecified atom stereocenters. The lowest BCUT2D eigenvalue weighted by molar-refractivity contribution is 0.270. The maximum Gasteiger partial charge on any atom is 0.218 e. The number of aliphatic hydroxyl groups is 1. The highest BCUT2D eigenvalue weighted by molar-refractivity contribution is 9.10. The van der Waals surface area contributed by atoms with Gasteiger partial charge in [-0.2, -0.15) is 0 Å². The number of ether oxygens (including phenoxy) is 1. The first-order valence-corrected chi connectivity index (χ1v) is 4.28. The number of aromatic nitrogens is 1. The van der Waals surface area contributed by atoms with E-state index in [1.807, 2.05) is 6.92 Å². The Hall–Kier alpha value is -0.610. The zero-order valence-electron chi connectivity index (χ0n) is 6.97. The van der Waals surface area contributed by atoms with E-state index in [0.29, 0.717) is 5.88 Å². The zero-order valence-corrected chi connectivity index (χ0v) is 8.55. The quantitative estimate of drug-likeness (QED) is 0.842. The Morgan fingerprint density at radius 1 is 1.67 bits per heavy atom. The van der Waals surface area contributed by atoms with Crippen molar-refractivity contribution in [1.82, 2.24) is 4.98 Å². The summed E-state index contributed by atoms with van der Waals surface area (Å²) in [6, 6.07) is 0. The van der Waals surface area contributed by atoms with Crippen LogP contribution in [-0.4, -0.2) is 17.2 Å². The minimum absolute atomic E-state index is 0.0541. The van der Waals surface area contributed by atoms with E-state index in [1.165, 1.54) is 7.11 Å². The Morgan fingerprint density at radius 3 is 2.83 bits per heavy atom. The smallest absolute Gasteiger partial charge is 0.218 e. The van der Waals surface area contributed by atoms with Gasteiger partial charge in [-0.3, -0.25) is 0 Å². The molecule has 0 aliphatic rings. The van der Waals surface area contributed by atoms with Crippen LogP contribution in [-0.2, 0) is 6.61 Å². The molecular weight excluding hydrogens is 222 g/mol. The molecule has 12 heavy (non-hydrogen) atoms. The molecule has 0 aliphatic carbocycles. The van der Waals surface area contributed by atoms with Crippen molar-refractivity contribution in [3.63, 3.8) is 0 Å². The minimum Gasteiger partial charge on any atom is -0.481 e. The van der Waals surface area contributed by atoms with Crippen LogP contribution in [0.4, 0.5) is 0 Å². The molecule has 0 bridgehead atoms. The van der Waals surface area contributed by atoms with E-state index in [0.717, 1.165) is 15.6 Å². The molecule has 1 N–H and O–H groups in total. The van der Waals surface area contributed by atoms with Crippen LogP contribution in [0.5, 0.6) is 5.88 Å². The minimum atomic E-state index is -0.0541. The fourth-order valence-electron chi connectivity index (χ4n) is 0.957. The molecule has 1 rings (SSSR count). The summed E-state index contributed by atoms with van der Waals surface area (Å²) < 4.78 is 5.86. The van der Waals surface area contributed by atoms with Crippen LogP contribution in [0, 0.1) is 6.92 Å². The maximum absolute atomic E-state index is 9.01. The molecule has 0 radical (unpaired) electrons. The highest BCUT2D eigenvalue weighted by Crippen LogP contribution is 2.25. The molecule has 3 nitrogen and oxygen atoms in total. The van der Waals surface area contributed by atoms with Crippen molar-refractivity contribution in [1.29, 1.82) is 0 Å². The average Bonchev–Trinajstić information content (AvgIpc) is 2.09. The molecule has 66 valence electrons. The number of rotatable bonds is 2. The fourth-order valence-corrected chi connectivity index (χ4v) is 1.30. The summed E-state index contributed by atoms with van der Waals surface area (Å²) in [6.07, 6.45) is 1.66. The van der Waals surface area contributed by atoms with Gasteiger partial charge in [-0.1, -0.05) is 0 Å². The topological polar surface area (TPSA) is 42.4 Å². The maximum atomic E-state index is 9.01. The second-order valence-corrected chi connectivity index (χ2v) is 3.23. The van der Waals surface area contributed by atoms with Gasteiger partial charge >= 0.3 is 0 Å². The third-order valence-electron chi connectivity index (χ3n) is 1.72. The third kappa shape index (κ3) is 1.59. The molecule has 0 saturated heterocycles. The largest absolute Gasteiger partial charge is 0.481 e. The molecule has 0 aromatic carbocycles. The van der Waals surface area contributed by atoms with E-state index in [4.69, 9.17) is 9.84 Å². The van der Waals surface area contributed by atoms with Gasteiger partial charge in [0, 0.05) is 16.2 Å². The summed E-state index contributed by atoms with van der Waals surface area (Å²) in [4.78, 5) is 4.00. The van der Waals surface area contributed by atoms with E-state index >= 15 is 0 Å². The van der Waals surface area contributed by atoms with Crippen molar-refractivity contribution in [3.8, 4) is 5.88 Å². The Bertz CT molecular complexity index is 289. The molecule has 0 atom stereocenters. The normalized spacial score (nSPS) is 10.0. The lowest BCUT2D eigenvalue weighted by Gasteiger charge is -2.08. The van der Waals surface area contributed by atoms with E-state index < -0.39 is 0 Å². The molecule has 0 spiro atoms. The van der Waals surface area contributed by atoms with Crippen molar-refractivity contribution >= 4 is 15.9 Å². The van der Waals surface area contributed by atoms with Crippen molar-refractivity contribution in [2.75, 3.05) is 7.11 Å². The number of methoxy groups -OCH3 is 1. The molecule has 1 aromatic rings. The number of aliphatic hydroxyl groups excluding tert-OH is 1. The number of pyridine rings is 1. The van der Waals surface area contributed by atoms with Crippen LogP contribution >= 0.6 is 15.9 Å². The summed E-state index contributed by atoms with van der Waals surface area (Å²) in [6.45, 7) is 1.85. The monoisotopic (exact) mass is 231 g/mol. The Labute approximate surface area is 79.5 Å². The van der Waals surface area contributed by atoms with Gasteiger partial charge in [0.05, 0.1) is 13.7 Å². The molecule has 0 fully saturated rings. The lowest BCUT2D eigenvalue weighted by atomic mass is 10.1. The number of hydrogen-bond acceptors (Lipinski definition) is 3. The lowest BCUT2D eigenvalue weighted by Crippen LogP contribution is -1.98. The highest BCUT2D eigenvalue weighted by Gasteiger charge is 2.08. The van der Waals surface area contributed by atoms with Gasteiger partial charge in [0.2, 0.25) is 5.88 Å². The first kappa shape index (κ1) is 9.48. The van der Waals surface area contributed by atoms with Crippen LogP contribution in [0.1, 0.15) is 11.1 Å². The SMILES string of the molecule is COc1ncc(Br)c(C)c1CO. The third-order valence-corrected chi connectivity index (χ3v) is 2.52. The molecule has 0 amide bonds. The van der Waals surface area contributed by atoms with E-state index in [1.54, 1.807) is 6.20 Å². The van der Waals surface area contributed by atoms with Crippen molar-refractivity contribution < 1.29 is 9.84 Å². The fraction of sp³-hybridized carbons (Fsp3) is 0.375. The van der Waals surface area contributed by atoms with Gasteiger partial charge < -0.3 is 9.84 Å². The van der Waals surface area contributed by atoms with Crippen LogP contribution in [0.15, 0.2) is 10.7 Å². The predicted octanol–water partition coefficient (Wildman–Crippen LogP) is 1.65. The Balaban J connectivity index is 3.25. The van der Waals surface area contributed by atoms with Gasteiger partial charge in [-0.05, 0) is 28.4 Å². The standard InChI is InChI=1S/C8H10BrNO2/c1-5-6(4-11)8(12-2)10-3-7(5)9/h3,11H,4H2,1-2H3. The van der Waals surface area contributed by atoms with Crippen molar-refractivity contribution in [3.05, 3.63) is 21.8 Å². The van der Waals surface area contributed by atoms with Crippen LogP contribution < -0.4 is 4.74 Å². The first-order chi connectivity index (χ1) is 5.70. The van der Waals surface area contributed by atoms with Crippen molar-refractivity contribution in [2.45, 2.75) is 13.5 Å². The van der Waals surface area contributed by atoms with E-state index in [9.17, 15) is 0 Å². The molecule has 0 aliphatic heterocycles. The molecule has 0 saturated carbocycles. The van der Waals surface area contributed by atoms with Gasteiger partial charge in [0.1, 0.15) is 0 Å². The number of hydrogen-bond donors (Lipinski definition) is 1.